The van der Waals surface area contributed by atoms with Crippen molar-refractivity contribution in [3.63, 3.8) is 0 Å². The average Bonchev–Trinajstić information content (AvgIpc) is 2.44. The first-order chi connectivity index (χ1) is 10.9. The lowest BCUT2D eigenvalue weighted by Crippen LogP contribution is -2.59. The van der Waals surface area contributed by atoms with Crippen molar-refractivity contribution in [1.29, 1.82) is 0 Å². The van der Waals surface area contributed by atoms with Crippen LogP contribution in [0.15, 0.2) is 24.3 Å². The van der Waals surface area contributed by atoms with Crippen molar-refractivity contribution in [3.8, 4) is 0 Å². The third kappa shape index (κ3) is 3.22. The van der Waals surface area contributed by atoms with E-state index in [0.29, 0.717) is 4.90 Å². The molecule has 1 fully saturated rings. The molecule has 0 atom stereocenters. The number of amides is 4. The third-order valence-electron chi connectivity index (χ3n) is 3.34. The third-order valence-corrected chi connectivity index (χ3v) is 3.34. The Kier molecular flexibility index (Phi) is 4.34. The number of hydrogen-bond acceptors (Lipinski definition) is 3. The minimum Gasteiger partial charge on any atom is -0.274 e. The Morgan fingerprint density at radius 3 is 2.00 bits per heavy atom. The van der Waals surface area contributed by atoms with Gasteiger partial charge in [0.25, 0.3) is 0 Å². The Hall–Kier alpha value is -2.52. The van der Waals surface area contributed by atoms with E-state index in [1.54, 1.807) is 6.92 Å². The minimum absolute atomic E-state index is 0.0246. The molecule has 1 aromatic rings. The molecule has 1 heterocycles. The van der Waals surface area contributed by atoms with Gasteiger partial charge in [-0.15, -0.1) is 0 Å². The first-order valence-corrected chi connectivity index (χ1v) is 6.62. The zero-order valence-corrected chi connectivity index (χ0v) is 12.2. The van der Waals surface area contributed by atoms with Crippen LogP contribution in [0.2, 0.25) is 0 Å². The van der Waals surface area contributed by atoms with Crippen LogP contribution in [0.25, 0.3) is 0 Å². The maximum atomic E-state index is 13.2. The van der Waals surface area contributed by atoms with Crippen molar-refractivity contribution < 1.29 is 36.3 Å². The summed E-state index contributed by atoms with van der Waals surface area (Å²) in [6.07, 6.45) is -6.91. The number of aryl methyl sites for hydroxylation is 1. The molecule has 130 valence electrons. The Morgan fingerprint density at radius 2 is 1.50 bits per heavy atom. The summed E-state index contributed by atoms with van der Waals surface area (Å²) in [6, 6.07) is 4.13. The number of urea groups is 1. The van der Waals surface area contributed by atoms with Crippen molar-refractivity contribution in [2.24, 2.45) is 0 Å². The fraction of sp³-hybridized carbons (Fsp3) is 0.357. The van der Waals surface area contributed by atoms with E-state index in [1.807, 2.05) is 0 Å². The van der Waals surface area contributed by atoms with Crippen molar-refractivity contribution in [2.75, 3.05) is 11.4 Å². The molecule has 0 N–H and O–H groups in total. The number of barbiturate groups is 1. The Bertz CT molecular complexity index is 685. The molecule has 1 aliphatic heterocycles. The lowest BCUT2D eigenvalue weighted by Gasteiger charge is -2.34. The summed E-state index contributed by atoms with van der Waals surface area (Å²) >= 11 is 0. The van der Waals surface area contributed by atoms with Gasteiger partial charge < -0.3 is 0 Å². The van der Waals surface area contributed by atoms with Crippen molar-refractivity contribution >= 4 is 23.5 Å². The summed E-state index contributed by atoms with van der Waals surface area (Å²) in [5.41, 5.74) is 0.746. The SMILES string of the molecule is Cc1ccc(N2C(=O)CC(=O)N(CC(F)(F)C(F)(F)F)C2=O)cc1. The lowest BCUT2D eigenvalue weighted by atomic mass is 10.1. The second kappa shape index (κ2) is 5.84. The Labute approximate surface area is 132 Å². The van der Waals surface area contributed by atoms with Crippen LogP contribution >= 0.6 is 0 Å². The number of benzene rings is 1. The smallest absolute Gasteiger partial charge is 0.274 e. The lowest BCUT2D eigenvalue weighted by molar-refractivity contribution is -0.283. The highest BCUT2D eigenvalue weighted by atomic mass is 19.4. The maximum Gasteiger partial charge on any atom is 0.455 e. The molecule has 1 saturated heterocycles. The van der Waals surface area contributed by atoms with Gasteiger partial charge in [0.1, 0.15) is 13.0 Å². The normalized spacial score (nSPS) is 16.8. The predicted octanol–water partition coefficient (Wildman–Crippen LogP) is 2.88. The van der Waals surface area contributed by atoms with E-state index in [4.69, 9.17) is 0 Å². The molecule has 0 radical (unpaired) electrons. The second-order valence-electron chi connectivity index (χ2n) is 5.21. The molecule has 0 spiro atoms. The largest absolute Gasteiger partial charge is 0.455 e. The van der Waals surface area contributed by atoms with Gasteiger partial charge in [0, 0.05) is 0 Å². The monoisotopic (exact) mass is 350 g/mol. The highest BCUT2D eigenvalue weighted by molar-refractivity contribution is 6.26. The van der Waals surface area contributed by atoms with Gasteiger partial charge >= 0.3 is 18.1 Å². The quantitative estimate of drug-likeness (QED) is 0.622. The average molecular weight is 350 g/mol. The van der Waals surface area contributed by atoms with Gasteiger partial charge in [0.2, 0.25) is 11.8 Å². The molecule has 2 rings (SSSR count). The second-order valence-corrected chi connectivity index (χ2v) is 5.21. The molecule has 0 unspecified atom stereocenters. The molecule has 24 heavy (non-hydrogen) atoms. The number of carbonyl (C=O) groups is 3. The van der Waals surface area contributed by atoms with Crippen LogP contribution in [0.3, 0.4) is 0 Å². The minimum atomic E-state index is -5.93. The molecule has 0 aliphatic carbocycles. The topological polar surface area (TPSA) is 57.7 Å². The van der Waals surface area contributed by atoms with Gasteiger partial charge in [-0.1, -0.05) is 17.7 Å². The van der Waals surface area contributed by atoms with Gasteiger partial charge in [-0.25, -0.2) is 9.69 Å². The first-order valence-electron chi connectivity index (χ1n) is 6.62. The summed E-state index contributed by atoms with van der Waals surface area (Å²) < 4.78 is 63.2. The van der Waals surface area contributed by atoms with E-state index in [-0.39, 0.29) is 10.6 Å². The molecule has 4 amide bonds. The van der Waals surface area contributed by atoms with Crippen LogP contribution in [0.5, 0.6) is 0 Å². The van der Waals surface area contributed by atoms with E-state index in [9.17, 15) is 36.3 Å². The van der Waals surface area contributed by atoms with E-state index < -0.39 is 42.9 Å². The van der Waals surface area contributed by atoms with Crippen LogP contribution in [0.4, 0.5) is 32.4 Å². The molecule has 10 heteroatoms. The Balaban J connectivity index is 2.33. The van der Waals surface area contributed by atoms with Gasteiger partial charge in [0.05, 0.1) is 5.69 Å². The first kappa shape index (κ1) is 17.8. The van der Waals surface area contributed by atoms with Crippen molar-refractivity contribution in [1.82, 2.24) is 4.90 Å². The molecule has 1 aliphatic rings. The number of halogens is 5. The Morgan fingerprint density at radius 1 is 0.958 bits per heavy atom. The highest BCUT2D eigenvalue weighted by Gasteiger charge is 2.60. The van der Waals surface area contributed by atoms with E-state index >= 15 is 0 Å². The summed E-state index contributed by atoms with van der Waals surface area (Å²) in [6.45, 7) is -0.465. The molecular weight excluding hydrogens is 339 g/mol. The summed E-state index contributed by atoms with van der Waals surface area (Å²) in [5, 5.41) is 0. The molecular formula is C14H11F5N2O3. The molecule has 1 aromatic carbocycles. The number of rotatable bonds is 3. The van der Waals surface area contributed by atoms with Gasteiger partial charge in [0.15, 0.2) is 0 Å². The van der Waals surface area contributed by atoms with Crippen LogP contribution in [0, 0.1) is 6.92 Å². The van der Waals surface area contributed by atoms with Crippen molar-refractivity contribution in [2.45, 2.75) is 25.4 Å². The predicted molar refractivity (Wildman–Crippen MR) is 71.4 cm³/mol. The van der Waals surface area contributed by atoms with E-state index in [0.717, 1.165) is 5.56 Å². The summed E-state index contributed by atoms with van der Waals surface area (Å²) in [7, 11) is 0. The van der Waals surface area contributed by atoms with Crippen LogP contribution in [-0.4, -0.2) is 41.4 Å². The number of anilines is 1. The summed E-state index contributed by atoms with van der Waals surface area (Å²) in [4.78, 5) is 35.8. The zero-order chi connectivity index (χ0) is 18.3. The summed E-state index contributed by atoms with van der Waals surface area (Å²) in [5.74, 6) is -7.68. The standard InChI is InChI=1S/C14H11F5N2O3/c1-8-2-4-9(5-3-8)21-11(23)6-10(22)20(12(21)24)7-13(15,16)14(17,18)19/h2-5H,6-7H2,1H3. The fourth-order valence-electron chi connectivity index (χ4n) is 2.03. The zero-order valence-electron chi connectivity index (χ0n) is 12.2. The number of hydrogen-bond donors (Lipinski definition) is 0. The van der Waals surface area contributed by atoms with Crippen molar-refractivity contribution in [3.05, 3.63) is 29.8 Å². The highest BCUT2D eigenvalue weighted by Crippen LogP contribution is 2.37. The number of imide groups is 2. The molecule has 0 bridgehead atoms. The molecule has 0 saturated carbocycles. The van der Waals surface area contributed by atoms with Crippen LogP contribution in [-0.2, 0) is 9.59 Å². The van der Waals surface area contributed by atoms with Crippen LogP contribution in [0.1, 0.15) is 12.0 Å². The molecule has 5 nitrogen and oxygen atoms in total. The van der Waals surface area contributed by atoms with E-state index in [1.165, 1.54) is 24.3 Å². The molecule has 0 aromatic heterocycles. The number of nitrogens with zero attached hydrogens (tertiary/aromatic N) is 2. The fourth-order valence-corrected chi connectivity index (χ4v) is 2.03. The van der Waals surface area contributed by atoms with Crippen LogP contribution < -0.4 is 4.90 Å². The number of carbonyl (C=O) groups excluding carboxylic acids is 3. The van der Waals surface area contributed by atoms with Gasteiger partial charge in [-0.3, -0.25) is 14.5 Å². The maximum absolute atomic E-state index is 13.2. The number of alkyl halides is 5. The van der Waals surface area contributed by atoms with Gasteiger partial charge in [-0.05, 0) is 19.1 Å². The van der Waals surface area contributed by atoms with E-state index in [2.05, 4.69) is 0 Å². The van der Waals surface area contributed by atoms with Gasteiger partial charge in [-0.2, -0.15) is 22.0 Å².